The van der Waals surface area contributed by atoms with E-state index >= 15 is 0 Å². The Balaban J connectivity index is 2.06. The van der Waals surface area contributed by atoms with Crippen LogP contribution in [0, 0.1) is 5.82 Å². The van der Waals surface area contributed by atoms with E-state index in [1.54, 1.807) is 24.3 Å². The van der Waals surface area contributed by atoms with Crippen molar-refractivity contribution >= 4 is 23.2 Å². The monoisotopic (exact) mass is 321 g/mol. The van der Waals surface area contributed by atoms with E-state index in [9.17, 15) is 9.18 Å². The predicted octanol–water partition coefficient (Wildman–Crippen LogP) is 2.36. The normalized spacial score (nSPS) is 12.0. The van der Waals surface area contributed by atoms with E-state index in [1.807, 2.05) is 0 Å². The third-order valence-corrected chi connectivity index (χ3v) is 3.59. The molecule has 0 aliphatic rings. The second kappa shape index (κ2) is 7.24. The Labute approximate surface area is 133 Å². The van der Waals surface area contributed by atoms with Crippen molar-refractivity contribution in [2.24, 2.45) is 5.73 Å². The van der Waals surface area contributed by atoms with Crippen LogP contribution in [0.2, 0.25) is 5.02 Å². The van der Waals surface area contributed by atoms with Crippen LogP contribution in [0.25, 0.3) is 0 Å². The number of nitrogen functional groups attached to an aromatic ring is 1. The van der Waals surface area contributed by atoms with E-state index in [4.69, 9.17) is 23.1 Å². The van der Waals surface area contributed by atoms with Crippen LogP contribution in [0.3, 0.4) is 0 Å². The Kier molecular flexibility index (Phi) is 5.35. The average molecular weight is 322 g/mol. The summed E-state index contributed by atoms with van der Waals surface area (Å²) in [5.41, 5.74) is 12.9. The molecular weight excluding hydrogens is 305 g/mol. The Morgan fingerprint density at radius 3 is 2.68 bits per heavy atom. The maximum absolute atomic E-state index is 13.2. The Morgan fingerprint density at radius 2 is 2.05 bits per heavy atom. The summed E-state index contributed by atoms with van der Waals surface area (Å²) in [5, 5.41) is 3.21. The summed E-state index contributed by atoms with van der Waals surface area (Å²) in [6.45, 7) is 0.241. The third kappa shape index (κ3) is 4.19. The molecule has 6 heteroatoms. The number of benzene rings is 2. The summed E-state index contributed by atoms with van der Waals surface area (Å²) < 4.78 is 13.2. The summed E-state index contributed by atoms with van der Waals surface area (Å²) in [4.78, 5) is 12.2. The highest BCUT2D eigenvalue weighted by atomic mass is 35.5. The lowest BCUT2D eigenvalue weighted by Crippen LogP contribution is -2.41. The van der Waals surface area contributed by atoms with Crippen LogP contribution in [0.5, 0.6) is 0 Å². The molecule has 2 aromatic carbocycles. The van der Waals surface area contributed by atoms with Gasteiger partial charge in [0.15, 0.2) is 0 Å². The summed E-state index contributed by atoms with van der Waals surface area (Å²) in [6.07, 6.45) is 0.447. The van der Waals surface area contributed by atoms with Gasteiger partial charge in [-0.05, 0) is 42.3 Å². The van der Waals surface area contributed by atoms with Gasteiger partial charge >= 0.3 is 0 Å². The number of hydrogen-bond acceptors (Lipinski definition) is 3. The summed E-state index contributed by atoms with van der Waals surface area (Å²) >= 11 is 5.83. The lowest BCUT2D eigenvalue weighted by Gasteiger charge is -2.17. The highest BCUT2D eigenvalue weighted by Crippen LogP contribution is 2.19. The van der Waals surface area contributed by atoms with Crippen molar-refractivity contribution in [3.8, 4) is 0 Å². The molecule has 0 saturated carbocycles. The first kappa shape index (κ1) is 16.3. The fourth-order valence-corrected chi connectivity index (χ4v) is 2.21. The van der Waals surface area contributed by atoms with E-state index in [1.165, 1.54) is 18.2 Å². The molecule has 1 unspecified atom stereocenters. The van der Waals surface area contributed by atoms with Gasteiger partial charge in [0.05, 0.1) is 10.7 Å². The molecule has 2 rings (SSSR count). The number of amides is 1. The minimum absolute atomic E-state index is 0.241. The highest BCUT2D eigenvalue weighted by Gasteiger charge is 2.14. The summed E-state index contributed by atoms with van der Waals surface area (Å²) in [6, 6.07) is 10.6. The summed E-state index contributed by atoms with van der Waals surface area (Å²) in [5.74, 6) is -0.611. The first-order valence-electron chi connectivity index (χ1n) is 6.80. The SMILES string of the molecule is NCC(Cc1cccc(F)c1)NC(=O)c1ccc(Cl)c(N)c1. The number of halogens is 2. The molecule has 22 heavy (non-hydrogen) atoms. The molecule has 0 radical (unpaired) electrons. The zero-order chi connectivity index (χ0) is 16.1. The topological polar surface area (TPSA) is 81.1 Å². The van der Waals surface area contributed by atoms with Crippen LogP contribution >= 0.6 is 11.6 Å². The maximum atomic E-state index is 13.2. The van der Waals surface area contributed by atoms with E-state index in [-0.39, 0.29) is 24.3 Å². The molecule has 0 fully saturated rings. The molecule has 0 saturated heterocycles. The minimum Gasteiger partial charge on any atom is -0.398 e. The van der Waals surface area contributed by atoms with Crippen molar-refractivity contribution in [1.82, 2.24) is 5.32 Å². The van der Waals surface area contributed by atoms with Crippen molar-refractivity contribution in [3.05, 3.63) is 64.4 Å². The van der Waals surface area contributed by atoms with Gasteiger partial charge in [0.1, 0.15) is 5.82 Å². The largest absolute Gasteiger partial charge is 0.398 e. The molecule has 0 aromatic heterocycles. The van der Waals surface area contributed by atoms with Gasteiger partial charge in [-0.2, -0.15) is 0 Å². The highest BCUT2D eigenvalue weighted by molar-refractivity contribution is 6.33. The number of carbonyl (C=O) groups excluding carboxylic acids is 1. The maximum Gasteiger partial charge on any atom is 0.251 e. The standard InChI is InChI=1S/C16H17ClFN3O/c17-14-5-4-11(8-15(14)20)16(22)21-13(9-19)7-10-2-1-3-12(18)6-10/h1-6,8,13H,7,9,19-20H2,(H,21,22). The van der Waals surface area contributed by atoms with Crippen LogP contribution in [-0.4, -0.2) is 18.5 Å². The van der Waals surface area contributed by atoms with Gasteiger partial charge in [-0.3, -0.25) is 4.79 Å². The molecule has 4 nitrogen and oxygen atoms in total. The third-order valence-electron chi connectivity index (χ3n) is 3.25. The lowest BCUT2D eigenvalue weighted by atomic mass is 10.1. The fourth-order valence-electron chi connectivity index (χ4n) is 2.10. The fraction of sp³-hybridized carbons (Fsp3) is 0.188. The van der Waals surface area contributed by atoms with Crippen molar-refractivity contribution in [2.75, 3.05) is 12.3 Å². The van der Waals surface area contributed by atoms with Gasteiger partial charge in [0.2, 0.25) is 0 Å². The molecule has 2 aromatic rings. The first-order valence-corrected chi connectivity index (χ1v) is 7.18. The van der Waals surface area contributed by atoms with Crippen molar-refractivity contribution in [3.63, 3.8) is 0 Å². The van der Waals surface area contributed by atoms with Crippen molar-refractivity contribution in [2.45, 2.75) is 12.5 Å². The van der Waals surface area contributed by atoms with Crippen LogP contribution in [0.4, 0.5) is 10.1 Å². The molecule has 116 valence electrons. The number of carbonyl (C=O) groups is 1. The zero-order valence-electron chi connectivity index (χ0n) is 11.9. The number of nitrogens with two attached hydrogens (primary N) is 2. The van der Waals surface area contributed by atoms with Gasteiger partial charge in [-0.1, -0.05) is 23.7 Å². The minimum atomic E-state index is -0.315. The number of anilines is 1. The molecule has 0 aliphatic heterocycles. The van der Waals surface area contributed by atoms with Crippen LogP contribution < -0.4 is 16.8 Å². The molecular formula is C16H17ClFN3O. The molecule has 0 aliphatic carbocycles. The number of rotatable bonds is 5. The average Bonchev–Trinajstić information content (AvgIpc) is 2.49. The van der Waals surface area contributed by atoms with E-state index in [0.717, 1.165) is 5.56 Å². The van der Waals surface area contributed by atoms with E-state index in [2.05, 4.69) is 5.32 Å². The molecule has 0 bridgehead atoms. The van der Waals surface area contributed by atoms with Gasteiger partial charge in [0.25, 0.3) is 5.91 Å². The van der Waals surface area contributed by atoms with E-state index in [0.29, 0.717) is 22.7 Å². The van der Waals surface area contributed by atoms with Gasteiger partial charge in [-0.25, -0.2) is 4.39 Å². The number of hydrogen-bond donors (Lipinski definition) is 3. The zero-order valence-corrected chi connectivity index (χ0v) is 12.6. The quantitative estimate of drug-likeness (QED) is 0.739. The van der Waals surface area contributed by atoms with Gasteiger partial charge in [-0.15, -0.1) is 0 Å². The van der Waals surface area contributed by atoms with Crippen molar-refractivity contribution in [1.29, 1.82) is 0 Å². The van der Waals surface area contributed by atoms with Crippen molar-refractivity contribution < 1.29 is 9.18 Å². The summed E-state index contributed by atoms with van der Waals surface area (Å²) in [7, 11) is 0. The van der Waals surface area contributed by atoms with Crippen LogP contribution in [-0.2, 0) is 6.42 Å². The Bertz CT molecular complexity index is 678. The van der Waals surface area contributed by atoms with Crippen LogP contribution in [0.15, 0.2) is 42.5 Å². The lowest BCUT2D eigenvalue weighted by molar-refractivity contribution is 0.0938. The molecule has 0 spiro atoms. The smallest absolute Gasteiger partial charge is 0.251 e. The van der Waals surface area contributed by atoms with Gasteiger partial charge < -0.3 is 16.8 Å². The molecule has 1 atom stereocenters. The molecule has 0 heterocycles. The number of nitrogens with one attached hydrogen (secondary N) is 1. The Morgan fingerprint density at radius 1 is 1.27 bits per heavy atom. The second-order valence-electron chi connectivity index (χ2n) is 4.98. The predicted molar refractivity (Wildman–Crippen MR) is 86.3 cm³/mol. The second-order valence-corrected chi connectivity index (χ2v) is 5.38. The van der Waals surface area contributed by atoms with E-state index < -0.39 is 0 Å². The molecule has 1 amide bonds. The molecule has 5 N–H and O–H groups in total. The van der Waals surface area contributed by atoms with Gasteiger partial charge in [0, 0.05) is 18.2 Å². The Hall–Kier alpha value is -2.11. The first-order chi connectivity index (χ1) is 10.5. The van der Waals surface area contributed by atoms with Crippen LogP contribution in [0.1, 0.15) is 15.9 Å².